The molecule has 0 aliphatic carbocycles. The maximum atomic E-state index is 13.6. The number of hydrogen-bond acceptors (Lipinski definition) is 6. The van der Waals surface area contributed by atoms with Gasteiger partial charge in [0.15, 0.2) is 0 Å². The number of piperazine rings is 1. The van der Waals surface area contributed by atoms with Gasteiger partial charge in [-0.3, -0.25) is 4.79 Å². The summed E-state index contributed by atoms with van der Waals surface area (Å²) >= 11 is 5.06. The lowest BCUT2D eigenvalue weighted by molar-refractivity contribution is -0.134. The molecular formula is C25H28N4O5S3. The first-order chi connectivity index (χ1) is 17.4. The number of thiocarbonyl (C=S) groups is 1. The van der Waals surface area contributed by atoms with E-state index < -0.39 is 32.0 Å². The largest absolute Gasteiger partial charge is 0.389 e. The third-order valence-electron chi connectivity index (χ3n) is 6.30. The van der Waals surface area contributed by atoms with Crippen LogP contribution >= 0.6 is 12.2 Å². The quantitative estimate of drug-likeness (QED) is 0.399. The van der Waals surface area contributed by atoms with Crippen LogP contribution in [0.3, 0.4) is 0 Å². The van der Waals surface area contributed by atoms with Gasteiger partial charge < -0.3 is 10.6 Å². The lowest BCUT2D eigenvalue weighted by Gasteiger charge is -2.35. The van der Waals surface area contributed by atoms with Crippen molar-refractivity contribution in [3.8, 4) is 0 Å². The molecule has 1 atom stereocenters. The van der Waals surface area contributed by atoms with Gasteiger partial charge in [0.1, 0.15) is 11.0 Å². The van der Waals surface area contributed by atoms with Gasteiger partial charge in [-0.2, -0.15) is 9.03 Å². The van der Waals surface area contributed by atoms with Gasteiger partial charge in [0.25, 0.3) is 0 Å². The molecule has 3 aromatic carbocycles. The molecule has 1 aliphatic heterocycles. The minimum Gasteiger partial charge on any atom is -0.389 e. The zero-order valence-electron chi connectivity index (χ0n) is 20.2. The Labute approximate surface area is 222 Å². The molecule has 9 nitrogen and oxygen atoms in total. The Bertz CT molecular complexity index is 1550. The van der Waals surface area contributed by atoms with Crippen molar-refractivity contribution in [2.45, 2.75) is 17.4 Å². The van der Waals surface area contributed by atoms with Crippen LogP contribution in [0.1, 0.15) is 11.1 Å². The number of carbonyl (C=O) groups is 1. The highest BCUT2D eigenvalue weighted by Gasteiger charge is 2.33. The first kappa shape index (κ1) is 27.1. The maximum absolute atomic E-state index is 13.6. The van der Waals surface area contributed by atoms with Gasteiger partial charge in [-0.15, -0.1) is 0 Å². The molecule has 4 rings (SSSR count). The summed E-state index contributed by atoms with van der Waals surface area (Å²) in [5.41, 5.74) is 7.04. The number of hydrogen-bond donors (Lipinski definition) is 2. The zero-order chi connectivity index (χ0) is 26.8. The lowest BCUT2D eigenvalue weighted by Crippen LogP contribution is -2.56. The fourth-order valence-corrected chi connectivity index (χ4v) is 6.49. The molecule has 196 valence electrons. The van der Waals surface area contributed by atoms with E-state index in [1.807, 2.05) is 24.3 Å². The van der Waals surface area contributed by atoms with Crippen LogP contribution in [-0.2, 0) is 31.3 Å². The van der Waals surface area contributed by atoms with Gasteiger partial charge in [0.05, 0.1) is 11.2 Å². The molecule has 1 fully saturated rings. The van der Waals surface area contributed by atoms with Crippen LogP contribution in [-0.4, -0.2) is 75.4 Å². The van der Waals surface area contributed by atoms with Crippen molar-refractivity contribution in [3.63, 3.8) is 0 Å². The van der Waals surface area contributed by atoms with Crippen LogP contribution in [0.25, 0.3) is 10.8 Å². The SMILES string of the molecule is CS(=O)(=O)N1CCN(C(=O)[C@H](Cc2cccc(C(N)=S)c2)NS(=O)(=O)c2ccc3ccccc3c2)CC1. The molecular weight excluding hydrogens is 532 g/mol. The normalized spacial score (nSPS) is 16.0. The van der Waals surface area contributed by atoms with Crippen molar-refractivity contribution in [1.82, 2.24) is 13.9 Å². The van der Waals surface area contributed by atoms with Crippen LogP contribution in [0.5, 0.6) is 0 Å². The van der Waals surface area contributed by atoms with E-state index in [-0.39, 0.29) is 42.5 Å². The number of carbonyl (C=O) groups excluding carboxylic acids is 1. The van der Waals surface area contributed by atoms with Crippen LogP contribution in [0, 0.1) is 0 Å². The summed E-state index contributed by atoms with van der Waals surface area (Å²) in [5, 5.41) is 1.65. The summed E-state index contributed by atoms with van der Waals surface area (Å²) < 4.78 is 54.5. The summed E-state index contributed by atoms with van der Waals surface area (Å²) in [7, 11) is -7.45. The first-order valence-electron chi connectivity index (χ1n) is 11.6. The molecule has 0 unspecified atom stereocenters. The van der Waals surface area contributed by atoms with Gasteiger partial charge >= 0.3 is 0 Å². The van der Waals surface area contributed by atoms with Crippen molar-refractivity contribution in [2.75, 3.05) is 32.4 Å². The summed E-state index contributed by atoms with van der Waals surface area (Å²) in [4.78, 5) is 15.3. The zero-order valence-corrected chi connectivity index (χ0v) is 22.7. The van der Waals surface area contributed by atoms with Crippen LogP contribution in [0.2, 0.25) is 0 Å². The van der Waals surface area contributed by atoms with Crippen molar-refractivity contribution < 1.29 is 21.6 Å². The van der Waals surface area contributed by atoms with Crippen molar-refractivity contribution in [2.24, 2.45) is 5.73 Å². The Balaban J connectivity index is 1.62. The number of sulfonamides is 2. The number of nitrogens with two attached hydrogens (primary N) is 1. The van der Waals surface area contributed by atoms with Gasteiger partial charge in [0, 0.05) is 31.7 Å². The van der Waals surface area contributed by atoms with E-state index in [4.69, 9.17) is 18.0 Å². The van der Waals surface area contributed by atoms with E-state index in [2.05, 4.69) is 4.72 Å². The highest BCUT2D eigenvalue weighted by Crippen LogP contribution is 2.20. The standard InChI is InChI=1S/C25H28N4O5S3/c1-36(31,32)29-13-11-28(12-14-29)25(30)23(16-18-5-4-8-21(15-18)24(26)35)27-37(33,34)22-10-9-19-6-2-3-7-20(19)17-22/h2-10,15,17,23,27H,11-14,16H2,1H3,(H2,26,35)/t23-/m0/s1. The Morgan fingerprint density at radius 2 is 1.62 bits per heavy atom. The van der Waals surface area contributed by atoms with Gasteiger partial charge in [0.2, 0.25) is 26.0 Å². The van der Waals surface area contributed by atoms with Crippen molar-refractivity contribution >= 4 is 53.9 Å². The fourth-order valence-electron chi connectivity index (χ4n) is 4.32. The third-order valence-corrected chi connectivity index (χ3v) is 9.31. The topological polar surface area (TPSA) is 130 Å². The minimum atomic E-state index is -4.07. The molecule has 0 saturated carbocycles. The molecule has 1 aliphatic rings. The first-order valence-corrected chi connectivity index (χ1v) is 15.3. The predicted octanol–water partition coefficient (Wildman–Crippen LogP) is 1.47. The van der Waals surface area contributed by atoms with E-state index in [0.29, 0.717) is 11.1 Å². The fraction of sp³-hybridized carbons (Fsp3) is 0.280. The predicted molar refractivity (Wildman–Crippen MR) is 147 cm³/mol. The second-order valence-corrected chi connectivity index (χ2v) is 13.1. The average Bonchev–Trinajstić information content (AvgIpc) is 2.87. The second kappa shape index (κ2) is 10.8. The van der Waals surface area contributed by atoms with E-state index in [1.165, 1.54) is 15.3 Å². The molecule has 0 radical (unpaired) electrons. The van der Waals surface area contributed by atoms with Gasteiger partial charge in [-0.05, 0) is 41.0 Å². The van der Waals surface area contributed by atoms with Crippen LogP contribution < -0.4 is 10.5 Å². The monoisotopic (exact) mass is 560 g/mol. The van der Waals surface area contributed by atoms with Crippen molar-refractivity contribution in [3.05, 3.63) is 77.9 Å². The highest BCUT2D eigenvalue weighted by atomic mass is 32.2. The number of rotatable bonds is 8. The molecule has 0 aromatic heterocycles. The maximum Gasteiger partial charge on any atom is 0.241 e. The second-order valence-electron chi connectivity index (χ2n) is 8.94. The molecule has 3 aromatic rings. The molecule has 37 heavy (non-hydrogen) atoms. The number of fused-ring (bicyclic) bond motifs is 1. The van der Waals surface area contributed by atoms with Crippen molar-refractivity contribution in [1.29, 1.82) is 0 Å². The number of nitrogens with zero attached hydrogens (tertiary/aromatic N) is 2. The molecule has 3 N–H and O–H groups in total. The van der Waals surface area contributed by atoms with E-state index >= 15 is 0 Å². The smallest absolute Gasteiger partial charge is 0.241 e. The molecule has 1 amide bonds. The summed E-state index contributed by atoms with van der Waals surface area (Å²) in [6.07, 6.45) is 1.19. The van der Waals surface area contributed by atoms with Crippen LogP contribution in [0.15, 0.2) is 71.6 Å². The Morgan fingerprint density at radius 3 is 2.27 bits per heavy atom. The van der Waals surface area contributed by atoms with Gasteiger partial charge in [-0.1, -0.05) is 60.7 Å². The van der Waals surface area contributed by atoms with Gasteiger partial charge in [-0.25, -0.2) is 16.8 Å². The molecule has 1 saturated heterocycles. The van der Waals surface area contributed by atoms with E-state index in [1.54, 1.807) is 36.4 Å². The third kappa shape index (κ3) is 6.51. The Hall–Kier alpha value is -2.90. The summed E-state index contributed by atoms with van der Waals surface area (Å²) in [6, 6.07) is 18.1. The lowest BCUT2D eigenvalue weighted by atomic mass is 10.0. The van der Waals surface area contributed by atoms with E-state index in [0.717, 1.165) is 17.0 Å². The molecule has 1 heterocycles. The summed E-state index contributed by atoms with van der Waals surface area (Å²) in [6.45, 7) is 0.608. The minimum absolute atomic E-state index is 0.0442. The number of nitrogens with one attached hydrogen (secondary N) is 1. The Morgan fingerprint density at radius 1 is 0.946 bits per heavy atom. The molecule has 0 bridgehead atoms. The number of benzene rings is 3. The average molecular weight is 561 g/mol. The Kier molecular flexibility index (Phi) is 7.95. The summed E-state index contributed by atoms with van der Waals surface area (Å²) in [5.74, 6) is -0.432. The number of amides is 1. The molecule has 0 spiro atoms. The van der Waals surface area contributed by atoms with E-state index in [9.17, 15) is 21.6 Å². The van der Waals surface area contributed by atoms with Crippen LogP contribution in [0.4, 0.5) is 0 Å². The highest BCUT2D eigenvalue weighted by molar-refractivity contribution is 7.89. The molecule has 12 heteroatoms.